The van der Waals surface area contributed by atoms with Crippen LogP contribution >= 0.6 is 22.6 Å². The fourth-order valence-electron chi connectivity index (χ4n) is 1.44. The van der Waals surface area contributed by atoms with E-state index in [2.05, 4.69) is 32.9 Å². The lowest BCUT2D eigenvalue weighted by Crippen LogP contribution is -2.07. The molecule has 0 saturated carbocycles. The maximum Gasteiger partial charge on any atom is 0.127 e. The number of aryl methyl sites for hydroxylation is 1. The van der Waals surface area contributed by atoms with Crippen LogP contribution in [0.2, 0.25) is 0 Å². The van der Waals surface area contributed by atoms with Crippen molar-refractivity contribution < 1.29 is 0 Å². The number of imidazole rings is 1. The van der Waals surface area contributed by atoms with Crippen LogP contribution in [0.3, 0.4) is 0 Å². The van der Waals surface area contributed by atoms with Gasteiger partial charge >= 0.3 is 0 Å². The Morgan fingerprint density at radius 3 is 2.94 bits per heavy atom. The van der Waals surface area contributed by atoms with Gasteiger partial charge in [-0.2, -0.15) is 0 Å². The molecule has 0 aliphatic carbocycles. The third-order valence-electron chi connectivity index (χ3n) is 2.37. The molecule has 0 amide bonds. The normalized spacial score (nSPS) is 10.4. The quantitative estimate of drug-likeness (QED) is 0.671. The summed E-state index contributed by atoms with van der Waals surface area (Å²) >= 11 is 2.24. The summed E-state index contributed by atoms with van der Waals surface area (Å²) in [7, 11) is 1.97. The van der Waals surface area contributed by atoms with Crippen LogP contribution in [-0.4, -0.2) is 9.55 Å². The SMILES string of the molecule is Cn1ccnc1CNc1ccc(I)cc1N. The molecule has 0 radical (unpaired) electrons. The van der Waals surface area contributed by atoms with Crippen molar-refractivity contribution in [1.82, 2.24) is 9.55 Å². The maximum absolute atomic E-state index is 5.90. The van der Waals surface area contributed by atoms with E-state index in [0.29, 0.717) is 6.54 Å². The Kier molecular flexibility index (Phi) is 3.33. The molecule has 2 rings (SSSR count). The minimum absolute atomic E-state index is 0.675. The van der Waals surface area contributed by atoms with Crippen molar-refractivity contribution in [2.24, 2.45) is 7.05 Å². The molecule has 16 heavy (non-hydrogen) atoms. The second-order valence-corrected chi connectivity index (χ2v) is 4.79. The van der Waals surface area contributed by atoms with Gasteiger partial charge in [-0.1, -0.05) is 0 Å². The topological polar surface area (TPSA) is 55.9 Å². The molecular formula is C11H13IN4. The number of nitrogens with zero attached hydrogens (tertiary/aromatic N) is 2. The van der Waals surface area contributed by atoms with Gasteiger partial charge in [0.25, 0.3) is 0 Å². The van der Waals surface area contributed by atoms with Crippen molar-refractivity contribution in [3.05, 3.63) is 40.0 Å². The van der Waals surface area contributed by atoms with Gasteiger partial charge in [0.1, 0.15) is 5.82 Å². The largest absolute Gasteiger partial charge is 0.397 e. The smallest absolute Gasteiger partial charge is 0.127 e. The van der Waals surface area contributed by atoms with E-state index in [0.717, 1.165) is 20.8 Å². The Labute approximate surface area is 108 Å². The third-order valence-corrected chi connectivity index (χ3v) is 3.04. The Morgan fingerprint density at radius 1 is 1.50 bits per heavy atom. The van der Waals surface area contributed by atoms with E-state index in [-0.39, 0.29) is 0 Å². The van der Waals surface area contributed by atoms with Gasteiger partial charge in [0.2, 0.25) is 0 Å². The molecule has 0 fully saturated rings. The van der Waals surface area contributed by atoms with E-state index in [1.165, 1.54) is 0 Å². The van der Waals surface area contributed by atoms with E-state index in [4.69, 9.17) is 5.73 Å². The van der Waals surface area contributed by atoms with Crippen molar-refractivity contribution in [1.29, 1.82) is 0 Å². The molecular weight excluding hydrogens is 315 g/mol. The average molecular weight is 328 g/mol. The van der Waals surface area contributed by atoms with E-state index < -0.39 is 0 Å². The maximum atomic E-state index is 5.90. The summed E-state index contributed by atoms with van der Waals surface area (Å²) in [6.45, 7) is 0.675. The lowest BCUT2D eigenvalue weighted by molar-refractivity contribution is 0.813. The van der Waals surface area contributed by atoms with Gasteiger partial charge < -0.3 is 15.6 Å². The molecule has 2 aromatic rings. The zero-order chi connectivity index (χ0) is 11.5. The van der Waals surface area contributed by atoms with Gasteiger partial charge in [0.05, 0.1) is 17.9 Å². The molecule has 0 bridgehead atoms. The first kappa shape index (κ1) is 11.3. The number of halogens is 1. The van der Waals surface area contributed by atoms with Crippen LogP contribution in [0.15, 0.2) is 30.6 Å². The van der Waals surface area contributed by atoms with E-state index in [1.807, 2.05) is 36.0 Å². The highest BCUT2D eigenvalue weighted by atomic mass is 127. The first-order valence-corrected chi connectivity index (χ1v) is 6.00. The fourth-order valence-corrected chi connectivity index (χ4v) is 1.95. The molecule has 1 aromatic carbocycles. The van der Waals surface area contributed by atoms with Crippen molar-refractivity contribution in [2.45, 2.75) is 6.54 Å². The summed E-state index contributed by atoms with van der Waals surface area (Å²) < 4.78 is 3.12. The Hall–Kier alpha value is -1.24. The number of nitrogen functional groups attached to an aromatic ring is 1. The van der Waals surface area contributed by atoms with Crippen LogP contribution in [-0.2, 0) is 13.6 Å². The Bertz CT molecular complexity index is 492. The molecule has 3 N–H and O–H groups in total. The zero-order valence-corrected chi connectivity index (χ0v) is 11.1. The highest BCUT2D eigenvalue weighted by molar-refractivity contribution is 14.1. The van der Waals surface area contributed by atoms with Crippen LogP contribution in [0.25, 0.3) is 0 Å². The first-order chi connectivity index (χ1) is 7.66. The van der Waals surface area contributed by atoms with Gasteiger partial charge in [-0.3, -0.25) is 0 Å². The number of anilines is 2. The summed E-state index contributed by atoms with van der Waals surface area (Å²) in [5, 5.41) is 3.27. The van der Waals surface area contributed by atoms with Gasteiger partial charge in [-0.15, -0.1) is 0 Å². The standard InChI is InChI=1S/C11H13IN4/c1-16-5-4-14-11(16)7-15-10-3-2-8(12)6-9(10)13/h2-6,15H,7,13H2,1H3. The summed E-state index contributed by atoms with van der Waals surface area (Å²) in [6.07, 6.45) is 3.71. The van der Waals surface area contributed by atoms with Gasteiger partial charge in [-0.25, -0.2) is 4.98 Å². The van der Waals surface area contributed by atoms with Crippen molar-refractivity contribution in [2.75, 3.05) is 11.1 Å². The molecule has 4 nitrogen and oxygen atoms in total. The minimum atomic E-state index is 0.675. The fraction of sp³-hybridized carbons (Fsp3) is 0.182. The summed E-state index contributed by atoms with van der Waals surface area (Å²) in [6, 6.07) is 5.96. The summed E-state index contributed by atoms with van der Waals surface area (Å²) in [4.78, 5) is 4.24. The summed E-state index contributed by atoms with van der Waals surface area (Å²) in [5.74, 6) is 0.984. The van der Waals surface area contributed by atoms with Crippen LogP contribution in [0, 0.1) is 3.57 Å². The van der Waals surface area contributed by atoms with Crippen LogP contribution in [0.1, 0.15) is 5.82 Å². The van der Waals surface area contributed by atoms with Crippen LogP contribution in [0.4, 0.5) is 11.4 Å². The van der Waals surface area contributed by atoms with E-state index in [1.54, 1.807) is 6.20 Å². The lowest BCUT2D eigenvalue weighted by Gasteiger charge is -2.09. The monoisotopic (exact) mass is 328 g/mol. The van der Waals surface area contributed by atoms with E-state index in [9.17, 15) is 0 Å². The van der Waals surface area contributed by atoms with Crippen LogP contribution in [0.5, 0.6) is 0 Å². The van der Waals surface area contributed by atoms with Gasteiger partial charge in [0.15, 0.2) is 0 Å². The lowest BCUT2D eigenvalue weighted by atomic mass is 10.2. The molecule has 0 aliphatic rings. The Morgan fingerprint density at radius 2 is 2.31 bits per heavy atom. The number of hydrogen-bond acceptors (Lipinski definition) is 3. The highest BCUT2D eigenvalue weighted by Crippen LogP contribution is 2.21. The summed E-state index contributed by atoms with van der Waals surface area (Å²) in [5.41, 5.74) is 7.62. The number of benzene rings is 1. The molecule has 0 atom stereocenters. The molecule has 0 aliphatic heterocycles. The number of aromatic nitrogens is 2. The van der Waals surface area contributed by atoms with Crippen molar-refractivity contribution >= 4 is 34.0 Å². The molecule has 5 heteroatoms. The van der Waals surface area contributed by atoms with Gasteiger partial charge in [0, 0.05) is 23.0 Å². The molecule has 0 saturated heterocycles. The third kappa shape index (κ3) is 2.46. The number of nitrogens with one attached hydrogen (secondary N) is 1. The van der Waals surface area contributed by atoms with Crippen LogP contribution < -0.4 is 11.1 Å². The molecule has 0 spiro atoms. The zero-order valence-electron chi connectivity index (χ0n) is 8.94. The number of rotatable bonds is 3. The minimum Gasteiger partial charge on any atom is -0.397 e. The average Bonchev–Trinajstić information content (AvgIpc) is 2.63. The molecule has 0 unspecified atom stereocenters. The van der Waals surface area contributed by atoms with Crippen molar-refractivity contribution in [3.63, 3.8) is 0 Å². The number of hydrogen-bond donors (Lipinski definition) is 2. The molecule has 84 valence electrons. The van der Waals surface area contributed by atoms with Crippen molar-refractivity contribution in [3.8, 4) is 0 Å². The second-order valence-electron chi connectivity index (χ2n) is 3.54. The molecule has 1 aromatic heterocycles. The molecule has 1 heterocycles. The predicted molar refractivity (Wildman–Crippen MR) is 74.1 cm³/mol. The van der Waals surface area contributed by atoms with E-state index >= 15 is 0 Å². The predicted octanol–water partition coefficient (Wildman–Crippen LogP) is 2.22. The second kappa shape index (κ2) is 4.73. The number of nitrogens with two attached hydrogens (primary N) is 1. The Balaban J connectivity index is 2.08. The highest BCUT2D eigenvalue weighted by Gasteiger charge is 2.02. The first-order valence-electron chi connectivity index (χ1n) is 4.92. The van der Waals surface area contributed by atoms with Gasteiger partial charge in [-0.05, 0) is 40.8 Å².